The molecule has 1 unspecified atom stereocenters. The first-order valence-corrected chi connectivity index (χ1v) is 6.90. The second kappa shape index (κ2) is 6.36. The lowest BCUT2D eigenvalue weighted by Crippen LogP contribution is -2.13. The van der Waals surface area contributed by atoms with Gasteiger partial charge in [0.15, 0.2) is 0 Å². The normalized spacial score (nSPS) is 18.8. The van der Waals surface area contributed by atoms with Gasteiger partial charge in [-0.1, -0.05) is 23.8 Å². The fourth-order valence-electron chi connectivity index (χ4n) is 2.07. The van der Waals surface area contributed by atoms with Crippen LogP contribution >= 0.6 is 23.8 Å². The summed E-state index contributed by atoms with van der Waals surface area (Å²) < 4.78 is 5.57. The Bertz CT molecular complexity index is 433. The average molecular weight is 285 g/mol. The first-order valence-electron chi connectivity index (χ1n) is 6.11. The van der Waals surface area contributed by atoms with E-state index < -0.39 is 0 Å². The van der Waals surface area contributed by atoms with E-state index in [-0.39, 0.29) is 0 Å². The van der Waals surface area contributed by atoms with Gasteiger partial charge in [-0.15, -0.1) is 0 Å². The molecular formula is C13H17ClN2OS. The molecule has 1 saturated heterocycles. The van der Waals surface area contributed by atoms with E-state index in [9.17, 15) is 0 Å². The van der Waals surface area contributed by atoms with Gasteiger partial charge in [-0.05, 0) is 37.5 Å². The van der Waals surface area contributed by atoms with E-state index in [2.05, 4.69) is 5.32 Å². The number of halogens is 1. The van der Waals surface area contributed by atoms with Gasteiger partial charge in [-0.3, -0.25) is 0 Å². The first kappa shape index (κ1) is 13.6. The number of anilines is 1. The lowest BCUT2D eigenvalue weighted by Gasteiger charge is -2.12. The maximum absolute atomic E-state index is 6.10. The lowest BCUT2D eigenvalue weighted by atomic mass is 10.1. The third-order valence-electron chi connectivity index (χ3n) is 3.05. The van der Waals surface area contributed by atoms with E-state index in [0.717, 1.165) is 30.8 Å². The Morgan fingerprint density at radius 2 is 2.39 bits per heavy atom. The molecule has 5 heteroatoms. The zero-order valence-electron chi connectivity index (χ0n) is 10.1. The van der Waals surface area contributed by atoms with Crippen molar-refractivity contribution in [1.29, 1.82) is 0 Å². The van der Waals surface area contributed by atoms with Gasteiger partial charge < -0.3 is 15.8 Å². The second-order valence-corrected chi connectivity index (χ2v) is 5.26. The third-order valence-corrected chi connectivity index (χ3v) is 3.59. The van der Waals surface area contributed by atoms with E-state index in [1.165, 1.54) is 12.8 Å². The van der Waals surface area contributed by atoms with Gasteiger partial charge in [0.1, 0.15) is 4.99 Å². The van der Waals surface area contributed by atoms with Crippen LogP contribution < -0.4 is 11.1 Å². The van der Waals surface area contributed by atoms with Crippen LogP contribution in [0.25, 0.3) is 0 Å². The number of rotatable bonds is 5. The summed E-state index contributed by atoms with van der Waals surface area (Å²) in [6.07, 6.45) is 3.78. The van der Waals surface area contributed by atoms with E-state index in [1.54, 1.807) is 0 Å². The predicted molar refractivity (Wildman–Crippen MR) is 79.4 cm³/mol. The van der Waals surface area contributed by atoms with Gasteiger partial charge in [-0.2, -0.15) is 0 Å². The summed E-state index contributed by atoms with van der Waals surface area (Å²) in [6, 6.07) is 5.64. The highest BCUT2D eigenvalue weighted by Crippen LogP contribution is 2.21. The van der Waals surface area contributed by atoms with Gasteiger partial charge in [0.05, 0.1) is 11.1 Å². The van der Waals surface area contributed by atoms with Crippen molar-refractivity contribution in [2.75, 3.05) is 18.5 Å². The summed E-state index contributed by atoms with van der Waals surface area (Å²) in [5.74, 6) is 0. The van der Waals surface area contributed by atoms with Crippen LogP contribution in [0.3, 0.4) is 0 Å². The standard InChI is InChI=1S/C13H17ClN2OS/c14-12-8-9(3-4-11(12)13(15)18)16-6-5-10-2-1-7-17-10/h3-4,8,10,16H,1-2,5-7H2,(H2,15,18). The molecule has 0 amide bonds. The molecule has 2 rings (SSSR count). The smallest absolute Gasteiger partial charge is 0.105 e. The number of nitrogens with two attached hydrogens (primary N) is 1. The van der Waals surface area contributed by atoms with Crippen LogP contribution in [0.15, 0.2) is 18.2 Å². The fourth-order valence-corrected chi connectivity index (χ4v) is 2.59. The van der Waals surface area contributed by atoms with Crippen LogP contribution in [0.5, 0.6) is 0 Å². The predicted octanol–water partition coefficient (Wildman–Crippen LogP) is 2.96. The molecule has 0 aromatic heterocycles. The molecule has 1 aliphatic rings. The first-order chi connectivity index (χ1) is 8.66. The van der Waals surface area contributed by atoms with E-state index in [1.807, 2.05) is 18.2 Å². The van der Waals surface area contributed by atoms with Crippen molar-refractivity contribution in [2.24, 2.45) is 5.73 Å². The van der Waals surface area contributed by atoms with E-state index >= 15 is 0 Å². The van der Waals surface area contributed by atoms with Crippen molar-refractivity contribution in [3.63, 3.8) is 0 Å². The molecule has 0 aliphatic carbocycles. The summed E-state index contributed by atoms with van der Waals surface area (Å²) >= 11 is 11.0. The zero-order chi connectivity index (χ0) is 13.0. The van der Waals surface area contributed by atoms with Crippen LogP contribution in [0.1, 0.15) is 24.8 Å². The summed E-state index contributed by atoms with van der Waals surface area (Å²) in [6.45, 7) is 1.78. The molecule has 0 radical (unpaired) electrons. The molecule has 1 aliphatic heterocycles. The minimum Gasteiger partial charge on any atom is -0.389 e. The molecule has 1 aromatic rings. The maximum atomic E-state index is 6.10. The van der Waals surface area contributed by atoms with Crippen molar-refractivity contribution >= 4 is 34.5 Å². The minimum absolute atomic E-state index is 0.325. The molecule has 1 heterocycles. The quantitative estimate of drug-likeness (QED) is 0.816. The van der Waals surface area contributed by atoms with Crippen molar-refractivity contribution in [1.82, 2.24) is 0 Å². The van der Waals surface area contributed by atoms with Crippen molar-refractivity contribution < 1.29 is 4.74 Å². The highest BCUT2D eigenvalue weighted by Gasteiger charge is 2.14. The SMILES string of the molecule is NC(=S)c1ccc(NCCC2CCCO2)cc1Cl. The highest BCUT2D eigenvalue weighted by molar-refractivity contribution is 7.80. The summed E-state index contributed by atoms with van der Waals surface area (Å²) in [5.41, 5.74) is 7.26. The second-order valence-electron chi connectivity index (χ2n) is 4.41. The summed E-state index contributed by atoms with van der Waals surface area (Å²) in [4.78, 5) is 0.325. The molecule has 1 atom stereocenters. The Morgan fingerprint density at radius 3 is 3.00 bits per heavy atom. The van der Waals surface area contributed by atoms with Gasteiger partial charge in [-0.25, -0.2) is 0 Å². The van der Waals surface area contributed by atoms with Gasteiger partial charge in [0.25, 0.3) is 0 Å². The molecule has 1 fully saturated rings. The number of hydrogen-bond donors (Lipinski definition) is 2. The number of benzene rings is 1. The molecule has 0 saturated carbocycles. The third kappa shape index (κ3) is 3.57. The molecular weight excluding hydrogens is 268 g/mol. The fraction of sp³-hybridized carbons (Fsp3) is 0.462. The number of thiocarbonyl (C=S) groups is 1. The van der Waals surface area contributed by atoms with Crippen LogP contribution in [-0.2, 0) is 4.74 Å². The van der Waals surface area contributed by atoms with Crippen molar-refractivity contribution in [2.45, 2.75) is 25.4 Å². The largest absolute Gasteiger partial charge is 0.389 e. The zero-order valence-corrected chi connectivity index (χ0v) is 11.7. The van der Waals surface area contributed by atoms with Gasteiger partial charge in [0, 0.05) is 24.4 Å². The minimum atomic E-state index is 0.325. The van der Waals surface area contributed by atoms with Crippen LogP contribution in [-0.4, -0.2) is 24.2 Å². The summed E-state index contributed by atoms with van der Waals surface area (Å²) in [5, 5.41) is 3.92. The van der Waals surface area contributed by atoms with Gasteiger partial charge >= 0.3 is 0 Å². The Morgan fingerprint density at radius 1 is 1.56 bits per heavy atom. The number of ether oxygens (including phenoxy) is 1. The van der Waals surface area contributed by atoms with Crippen LogP contribution in [0, 0.1) is 0 Å². The van der Waals surface area contributed by atoms with Crippen molar-refractivity contribution in [3.05, 3.63) is 28.8 Å². The van der Waals surface area contributed by atoms with Crippen molar-refractivity contribution in [3.8, 4) is 0 Å². The molecule has 3 N–H and O–H groups in total. The Labute approximate surface area is 118 Å². The Kier molecular flexibility index (Phi) is 4.80. The molecule has 3 nitrogen and oxygen atoms in total. The lowest BCUT2D eigenvalue weighted by molar-refractivity contribution is 0.107. The molecule has 98 valence electrons. The molecule has 0 spiro atoms. The molecule has 18 heavy (non-hydrogen) atoms. The Hall–Kier alpha value is -0.840. The number of nitrogens with one attached hydrogen (secondary N) is 1. The number of hydrogen-bond acceptors (Lipinski definition) is 3. The van der Waals surface area contributed by atoms with Gasteiger partial charge in [0.2, 0.25) is 0 Å². The molecule has 0 bridgehead atoms. The molecule has 1 aromatic carbocycles. The van der Waals surface area contributed by atoms with E-state index in [4.69, 9.17) is 34.3 Å². The van der Waals surface area contributed by atoms with E-state index in [0.29, 0.717) is 16.1 Å². The highest BCUT2D eigenvalue weighted by atomic mass is 35.5. The average Bonchev–Trinajstić information content (AvgIpc) is 2.81. The monoisotopic (exact) mass is 284 g/mol. The maximum Gasteiger partial charge on any atom is 0.105 e. The summed E-state index contributed by atoms with van der Waals surface area (Å²) in [7, 11) is 0. The van der Waals surface area contributed by atoms with Crippen LogP contribution in [0.4, 0.5) is 5.69 Å². The van der Waals surface area contributed by atoms with Crippen LogP contribution in [0.2, 0.25) is 5.02 Å². The Balaban J connectivity index is 1.85. The topological polar surface area (TPSA) is 47.3 Å².